The van der Waals surface area contributed by atoms with Crippen molar-refractivity contribution in [2.45, 2.75) is 20.3 Å². The SMILES string of the molecule is CCCN(CC(=O)Nc1cc(C)on1)C(=O)Nc1ccc(OC)cc1OC. The lowest BCUT2D eigenvalue weighted by atomic mass is 10.2. The molecule has 1 heterocycles. The molecule has 2 aromatic rings. The third kappa shape index (κ3) is 5.63. The lowest BCUT2D eigenvalue weighted by Crippen LogP contribution is -2.41. The molecule has 146 valence electrons. The van der Waals surface area contributed by atoms with Crippen LogP contribution in [0.5, 0.6) is 11.5 Å². The summed E-state index contributed by atoms with van der Waals surface area (Å²) in [6.45, 7) is 3.94. The molecule has 2 rings (SSSR count). The Morgan fingerprint density at radius 1 is 1.19 bits per heavy atom. The number of methoxy groups -OCH3 is 2. The van der Waals surface area contributed by atoms with E-state index in [1.807, 2.05) is 6.92 Å². The average Bonchev–Trinajstić information content (AvgIpc) is 3.06. The number of hydrogen-bond acceptors (Lipinski definition) is 6. The predicted molar refractivity (Wildman–Crippen MR) is 100 cm³/mol. The number of benzene rings is 1. The van der Waals surface area contributed by atoms with Gasteiger partial charge in [0.25, 0.3) is 0 Å². The topological polar surface area (TPSA) is 106 Å². The van der Waals surface area contributed by atoms with E-state index in [4.69, 9.17) is 14.0 Å². The Hall–Kier alpha value is -3.23. The molecular formula is C18H24N4O5. The van der Waals surface area contributed by atoms with Crippen LogP contribution < -0.4 is 20.1 Å². The molecule has 2 N–H and O–H groups in total. The highest BCUT2D eigenvalue weighted by atomic mass is 16.5. The van der Waals surface area contributed by atoms with E-state index in [-0.39, 0.29) is 12.5 Å². The monoisotopic (exact) mass is 376 g/mol. The molecule has 0 fully saturated rings. The largest absolute Gasteiger partial charge is 0.497 e. The van der Waals surface area contributed by atoms with E-state index < -0.39 is 6.03 Å². The zero-order valence-corrected chi connectivity index (χ0v) is 15.9. The minimum Gasteiger partial charge on any atom is -0.497 e. The number of nitrogens with zero attached hydrogens (tertiary/aromatic N) is 2. The van der Waals surface area contributed by atoms with Gasteiger partial charge in [-0.3, -0.25) is 4.79 Å². The number of rotatable bonds is 8. The van der Waals surface area contributed by atoms with Crippen LogP contribution >= 0.6 is 0 Å². The van der Waals surface area contributed by atoms with E-state index in [1.165, 1.54) is 12.0 Å². The molecule has 0 aliphatic heterocycles. The lowest BCUT2D eigenvalue weighted by molar-refractivity contribution is -0.116. The van der Waals surface area contributed by atoms with Gasteiger partial charge in [0.1, 0.15) is 23.8 Å². The van der Waals surface area contributed by atoms with Gasteiger partial charge in [-0.25, -0.2) is 4.79 Å². The second-order valence-corrected chi connectivity index (χ2v) is 5.79. The molecule has 0 aliphatic carbocycles. The van der Waals surface area contributed by atoms with Gasteiger partial charge >= 0.3 is 6.03 Å². The number of aromatic nitrogens is 1. The van der Waals surface area contributed by atoms with E-state index in [2.05, 4.69) is 15.8 Å². The molecule has 1 aromatic carbocycles. The summed E-state index contributed by atoms with van der Waals surface area (Å²) < 4.78 is 15.3. The maximum absolute atomic E-state index is 12.6. The van der Waals surface area contributed by atoms with Crippen molar-refractivity contribution in [1.29, 1.82) is 0 Å². The molecule has 9 nitrogen and oxygen atoms in total. The smallest absolute Gasteiger partial charge is 0.322 e. The first-order valence-electron chi connectivity index (χ1n) is 8.48. The number of aryl methyl sites for hydroxylation is 1. The fourth-order valence-corrected chi connectivity index (χ4v) is 2.40. The van der Waals surface area contributed by atoms with Gasteiger partial charge in [-0.2, -0.15) is 0 Å². The summed E-state index contributed by atoms with van der Waals surface area (Å²) in [5, 5.41) is 9.07. The first kappa shape index (κ1) is 20.1. The average molecular weight is 376 g/mol. The molecule has 0 atom stereocenters. The van der Waals surface area contributed by atoms with Crippen molar-refractivity contribution < 1.29 is 23.6 Å². The number of carbonyl (C=O) groups is 2. The second kappa shape index (κ2) is 9.46. The Balaban J connectivity index is 2.04. The van der Waals surface area contributed by atoms with E-state index >= 15 is 0 Å². The number of urea groups is 1. The highest BCUT2D eigenvalue weighted by Crippen LogP contribution is 2.29. The van der Waals surface area contributed by atoms with Gasteiger partial charge in [0.2, 0.25) is 5.91 Å². The number of amides is 3. The van der Waals surface area contributed by atoms with E-state index in [0.29, 0.717) is 41.7 Å². The van der Waals surface area contributed by atoms with Crippen molar-refractivity contribution in [3.8, 4) is 11.5 Å². The summed E-state index contributed by atoms with van der Waals surface area (Å²) in [6.07, 6.45) is 0.698. The standard InChI is InChI=1S/C18H24N4O5/c1-5-8-22(11-17(23)20-16-9-12(2)27-21-16)18(24)19-14-7-6-13(25-3)10-15(14)26-4/h6-7,9-10H,5,8,11H2,1-4H3,(H,19,24)(H,20,21,23). The predicted octanol–water partition coefficient (Wildman–Crippen LogP) is 2.88. The van der Waals surface area contributed by atoms with E-state index in [0.717, 1.165) is 0 Å². The minimum atomic E-state index is -0.410. The third-order valence-corrected chi connectivity index (χ3v) is 3.66. The maximum atomic E-state index is 12.6. The Bertz CT molecular complexity index is 790. The molecule has 0 unspecified atom stereocenters. The van der Waals surface area contributed by atoms with Gasteiger partial charge < -0.3 is 29.5 Å². The second-order valence-electron chi connectivity index (χ2n) is 5.79. The van der Waals surface area contributed by atoms with Crippen LogP contribution in [0.25, 0.3) is 0 Å². The summed E-state index contributed by atoms with van der Waals surface area (Å²) in [5.74, 6) is 1.60. The Morgan fingerprint density at radius 3 is 2.56 bits per heavy atom. The molecule has 0 saturated carbocycles. The Morgan fingerprint density at radius 2 is 1.96 bits per heavy atom. The fraction of sp³-hybridized carbons (Fsp3) is 0.389. The van der Waals surface area contributed by atoms with Crippen LogP contribution in [0.4, 0.5) is 16.3 Å². The molecule has 9 heteroatoms. The molecule has 0 radical (unpaired) electrons. The highest BCUT2D eigenvalue weighted by molar-refractivity contribution is 5.97. The van der Waals surface area contributed by atoms with Crippen LogP contribution in [-0.2, 0) is 4.79 Å². The zero-order chi connectivity index (χ0) is 19.8. The molecule has 0 aliphatic rings. The van der Waals surface area contributed by atoms with Crippen LogP contribution in [0.15, 0.2) is 28.8 Å². The fourth-order valence-electron chi connectivity index (χ4n) is 2.40. The first-order valence-corrected chi connectivity index (χ1v) is 8.48. The van der Waals surface area contributed by atoms with Crippen molar-refractivity contribution >= 4 is 23.4 Å². The molecule has 0 saturated heterocycles. The molecule has 3 amide bonds. The maximum Gasteiger partial charge on any atom is 0.322 e. The van der Waals surface area contributed by atoms with Crippen molar-refractivity contribution in [1.82, 2.24) is 10.1 Å². The highest BCUT2D eigenvalue weighted by Gasteiger charge is 2.19. The summed E-state index contributed by atoms with van der Waals surface area (Å²) >= 11 is 0. The zero-order valence-electron chi connectivity index (χ0n) is 15.9. The quantitative estimate of drug-likeness (QED) is 0.734. The molecular weight excluding hydrogens is 352 g/mol. The van der Waals surface area contributed by atoms with E-state index in [1.54, 1.807) is 38.3 Å². The number of nitrogens with one attached hydrogen (secondary N) is 2. The molecule has 1 aromatic heterocycles. The summed E-state index contributed by atoms with van der Waals surface area (Å²) in [4.78, 5) is 26.3. The van der Waals surface area contributed by atoms with Gasteiger partial charge in [-0.05, 0) is 25.5 Å². The van der Waals surface area contributed by atoms with Crippen LogP contribution in [-0.4, -0.2) is 49.3 Å². The molecule has 0 spiro atoms. The minimum absolute atomic E-state index is 0.121. The number of ether oxygens (including phenoxy) is 2. The summed E-state index contributed by atoms with van der Waals surface area (Å²) in [7, 11) is 3.05. The van der Waals surface area contributed by atoms with Crippen molar-refractivity contribution in [2.24, 2.45) is 0 Å². The van der Waals surface area contributed by atoms with Gasteiger partial charge in [0, 0.05) is 18.7 Å². The van der Waals surface area contributed by atoms with Crippen molar-refractivity contribution in [3.63, 3.8) is 0 Å². The van der Waals surface area contributed by atoms with Crippen molar-refractivity contribution in [2.75, 3.05) is 37.9 Å². The van der Waals surface area contributed by atoms with Crippen molar-refractivity contribution in [3.05, 3.63) is 30.0 Å². The lowest BCUT2D eigenvalue weighted by Gasteiger charge is -2.22. The number of carbonyl (C=O) groups excluding carboxylic acids is 2. The van der Waals surface area contributed by atoms with Crippen LogP contribution in [0.2, 0.25) is 0 Å². The van der Waals surface area contributed by atoms with E-state index in [9.17, 15) is 9.59 Å². The van der Waals surface area contributed by atoms with Gasteiger partial charge in [-0.1, -0.05) is 12.1 Å². The van der Waals surface area contributed by atoms with Crippen LogP contribution in [0, 0.1) is 6.92 Å². The summed E-state index contributed by atoms with van der Waals surface area (Å²) in [6, 6.07) is 6.25. The Labute approximate surface area is 157 Å². The molecule has 0 bridgehead atoms. The van der Waals surface area contributed by atoms with Crippen LogP contribution in [0.1, 0.15) is 19.1 Å². The molecule has 27 heavy (non-hydrogen) atoms. The van der Waals surface area contributed by atoms with Gasteiger partial charge in [0.05, 0.1) is 19.9 Å². The first-order chi connectivity index (χ1) is 13.0. The van der Waals surface area contributed by atoms with Crippen LogP contribution in [0.3, 0.4) is 0 Å². The van der Waals surface area contributed by atoms with Gasteiger partial charge in [-0.15, -0.1) is 0 Å². The number of anilines is 2. The summed E-state index contributed by atoms with van der Waals surface area (Å²) in [5.41, 5.74) is 0.483. The number of hydrogen-bond donors (Lipinski definition) is 2. The van der Waals surface area contributed by atoms with Gasteiger partial charge in [0.15, 0.2) is 5.82 Å². The third-order valence-electron chi connectivity index (χ3n) is 3.66. The Kier molecular flexibility index (Phi) is 7.04. The normalized spacial score (nSPS) is 10.2.